The summed E-state index contributed by atoms with van der Waals surface area (Å²) in [7, 11) is 0. The average Bonchev–Trinajstić information content (AvgIpc) is 3.82. The van der Waals surface area contributed by atoms with Crippen molar-refractivity contribution in [1.82, 2.24) is 9.13 Å². The Balaban J connectivity index is 1.17. The van der Waals surface area contributed by atoms with Crippen LogP contribution in [0.1, 0.15) is 0 Å². The Morgan fingerprint density at radius 1 is 0.280 bits per heavy atom. The molecule has 50 heavy (non-hydrogen) atoms. The van der Waals surface area contributed by atoms with Crippen LogP contribution in [-0.4, -0.2) is 9.13 Å². The van der Waals surface area contributed by atoms with E-state index in [1.54, 1.807) is 0 Å². The van der Waals surface area contributed by atoms with Gasteiger partial charge in [-0.25, -0.2) is 0 Å². The van der Waals surface area contributed by atoms with Gasteiger partial charge in [-0.05, 0) is 91.6 Å². The Morgan fingerprint density at radius 2 is 0.820 bits per heavy atom. The van der Waals surface area contributed by atoms with Crippen LogP contribution in [0.2, 0.25) is 0 Å². The number of para-hydroxylation sites is 1. The maximum atomic E-state index is 2.48. The molecule has 0 fully saturated rings. The van der Waals surface area contributed by atoms with Crippen molar-refractivity contribution in [3.63, 3.8) is 0 Å². The van der Waals surface area contributed by atoms with Gasteiger partial charge in [0, 0.05) is 32.6 Å². The van der Waals surface area contributed by atoms with Gasteiger partial charge in [0.1, 0.15) is 0 Å². The highest BCUT2D eigenvalue weighted by molar-refractivity contribution is 6.28. The molecule has 0 atom stereocenters. The van der Waals surface area contributed by atoms with E-state index < -0.39 is 0 Å². The minimum absolute atomic E-state index is 1.17. The summed E-state index contributed by atoms with van der Waals surface area (Å²) in [4.78, 5) is 0. The summed E-state index contributed by atoms with van der Waals surface area (Å²) in [6.45, 7) is 0. The lowest BCUT2D eigenvalue weighted by Gasteiger charge is -2.14. The SMILES string of the molecule is c1ccc2c(c1)-c1cccc3c(-n4c5ccccc5c5cc(-n6c7ccc8ccccc8c7c7c8ccccc8ccc76)ccc54)ccc-2c13. The van der Waals surface area contributed by atoms with Crippen LogP contribution in [0.4, 0.5) is 0 Å². The molecule has 0 N–H and O–H groups in total. The third kappa shape index (κ3) is 3.28. The Morgan fingerprint density at radius 3 is 1.54 bits per heavy atom. The molecule has 12 rings (SSSR count). The minimum Gasteiger partial charge on any atom is -0.309 e. The molecule has 0 aliphatic heterocycles. The molecule has 0 radical (unpaired) electrons. The number of fused-ring (bicyclic) bond motifs is 13. The lowest BCUT2D eigenvalue weighted by molar-refractivity contribution is 1.17. The largest absolute Gasteiger partial charge is 0.309 e. The van der Waals surface area contributed by atoms with Crippen molar-refractivity contribution in [2.75, 3.05) is 0 Å². The van der Waals surface area contributed by atoms with Crippen molar-refractivity contribution in [2.45, 2.75) is 0 Å². The number of aromatic nitrogens is 2. The van der Waals surface area contributed by atoms with Crippen LogP contribution in [-0.2, 0) is 0 Å². The topological polar surface area (TPSA) is 9.86 Å². The maximum absolute atomic E-state index is 2.48. The highest BCUT2D eigenvalue weighted by Crippen LogP contribution is 2.49. The van der Waals surface area contributed by atoms with E-state index in [0.29, 0.717) is 0 Å². The normalized spacial score (nSPS) is 12.4. The first kappa shape index (κ1) is 26.3. The molecular weight excluding hydrogens is 605 g/mol. The molecule has 0 spiro atoms. The van der Waals surface area contributed by atoms with E-state index in [4.69, 9.17) is 0 Å². The lowest BCUT2D eigenvalue weighted by Crippen LogP contribution is -1.97. The van der Waals surface area contributed by atoms with E-state index in [0.717, 1.165) is 0 Å². The van der Waals surface area contributed by atoms with Gasteiger partial charge in [0.25, 0.3) is 0 Å². The van der Waals surface area contributed by atoms with Crippen molar-refractivity contribution in [1.29, 1.82) is 0 Å². The van der Waals surface area contributed by atoms with Crippen molar-refractivity contribution in [2.24, 2.45) is 0 Å². The number of benzene rings is 9. The van der Waals surface area contributed by atoms with Crippen molar-refractivity contribution >= 4 is 75.9 Å². The van der Waals surface area contributed by atoms with Crippen LogP contribution in [0.3, 0.4) is 0 Å². The fraction of sp³-hybridized carbons (Fsp3) is 0. The van der Waals surface area contributed by atoms with E-state index in [9.17, 15) is 0 Å². The Bertz CT molecular complexity index is 3140. The van der Waals surface area contributed by atoms with Crippen molar-refractivity contribution < 1.29 is 0 Å². The number of hydrogen-bond acceptors (Lipinski definition) is 0. The molecule has 1 aliphatic rings. The molecule has 11 aromatic rings. The second-order valence-electron chi connectivity index (χ2n) is 13.7. The van der Waals surface area contributed by atoms with Gasteiger partial charge in [-0.15, -0.1) is 0 Å². The van der Waals surface area contributed by atoms with Gasteiger partial charge >= 0.3 is 0 Å². The summed E-state index contributed by atoms with van der Waals surface area (Å²) < 4.78 is 4.96. The smallest absolute Gasteiger partial charge is 0.0547 e. The minimum atomic E-state index is 1.17. The first-order valence-corrected chi connectivity index (χ1v) is 17.4. The van der Waals surface area contributed by atoms with Gasteiger partial charge in [0.15, 0.2) is 0 Å². The monoisotopic (exact) mass is 632 g/mol. The summed E-state index contributed by atoms with van der Waals surface area (Å²) in [6.07, 6.45) is 0. The van der Waals surface area contributed by atoms with Crippen molar-refractivity contribution in [3.8, 4) is 33.6 Å². The van der Waals surface area contributed by atoms with Crippen LogP contribution < -0.4 is 0 Å². The maximum Gasteiger partial charge on any atom is 0.0547 e. The predicted octanol–water partition coefficient (Wildman–Crippen LogP) is 13.0. The number of rotatable bonds is 2. The fourth-order valence-electron chi connectivity index (χ4n) is 9.17. The summed E-state index contributed by atoms with van der Waals surface area (Å²) in [5.74, 6) is 0. The third-order valence-electron chi connectivity index (χ3n) is 11.2. The first-order chi connectivity index (χ1) is 24.8. The fourth-order valence-corrected chi connectivity index (χ4v) is 9.17. The van der Waals surface area contributed by atoms with Crippen molar-refractivity contribution in [3.05, 3.63) is 170 Å². The molecular formula is C48H28N2. The Hall–Kier alpha value is -6.64. The lowest BCUT2D eigenvalue weighted by atomic mass is 10.00. The first-order valence-electron chi connectivity index (χ1n) is 17.4. The van der Waals surface area contributed by atoms with Gasteiger partial charge in [-0.3, -0.25) is 0 Å². The molecule has 230 valence electrons. The Kier molecular flexibility index (Phi) is 5.00. The van der Waals surface area contributed by atoms with Crippen LogP contribution in [0.25, 0.3) is 110 Å². The summed E-state index contributed by atoms with van der Waals surface area (Å²) in [5, 5.41) is 12.9. The van der Waals surface area contributed by atoms with Gasteiger partial charge < -0.3 is 9.13 Å². The average molecular weight is 633 g/mol. The summed E-state index contributed by atoms with van der Waals surface area (Å²) in [6, 6.07) is 63.0. The molecule has 2 nitrogen and oxygen atoms in total. The van der Waals surface area contributed by atoms with Gasteiger partial charge in [-0.1, -0.05) is 127 Å². The van der Waals surface area contributed by atoms with Gasteiger partial charge in [-0.2, -0.15) is 0 Å². The zero-order valence-electron chi connectivity index (χ0n) is 27.1. The molecule has 0 amide bonds. The highest BCUT2D eigenvalue weighted by Gasteiger charge is 2.24. The molecule has 1 aliphatic carbocycles. The van der Waals surface area contributed by atoms with E-state index in [-0.39, 0.29) is 0 Å². The summed E-state index contributed by atoms with van der Waals surface area (Å²) >= 11 is 0. The molecule has 0 unspecified atom stereocenters. The van der Waals surface area contributed by atoms with Crippen LogP contribution in [0, 0.1) is 0 Å². The molecule has 9 aromatic carbocycles. The molecule has 2 heteroatoms. The van der Waals surface area contributed by atoms with E-state index in [1.165, 1.54) is 110 Å². The standard InChI is InChI=1S/C48H28N2/c1-3-12-32-29(10-1)20-24-44-47(32)48-33-13-4-2-11-30(33)21-25-45(48)49(44)31-22-26-43-40(28-31)36-16-7-8-19-41(36)50(43)42-27-23-38-35-15-6-5-14-34(35)37-17-9-18-39(42)46(37)38/h1-28H. The molecule has 0 saturated heterocycles. The molecule has 2 heterocycles. The number of hydrogen-bond donors (Lipinski definition) is 0. The zero-order chi connectivity index (χ0) is 32.5. The van der Waals surface area contributed by atoms with E-state index in [1.807, 2.05) is 0 Å². The predicted molar refractivity (Wildman–Crippen MR) is 212 cm³/mol. The Labute approximate surface area is 287 Å². The molecule has 0 bridgehead atoms. The van der Waals surface area contributed by atoms with Crippen LogP contribution >= 0.6 is 0 Å². The van der Waals surface area contributed by atoms with E-state index in [2.05, 4.69) is 179 Å². The second-order valence-corrected chi connectivity index (χ2v) is 13.7. The molecule has 2 aromatic heterocycles. The third-order valence-corrected chi connectivity index (χ3v) is 11.2. The zero-order valence-corrected chi connectivity index (χ0v) is 27.1. The van der Waals surface area contributed by atoms with Gasteiger partial charge in [0.05, 0.1) is 27.8 Å². The van der Waals surface area contributed by atoms with Gasteiger partial charge in [0.2, 0.25) is 0 Å². The van der Waals surface area contributed by atoms with Crippen LogP contribution in [0.5, 0.6) is 0 Å². The quantitative estimate of drug-likeness (QED) is 0.179. The van der Waals surface area contributed by atoms with Crippen LogP contribution in [0.15, 0.2) is 170 Å². The molecule has 0 saturated carbocycles. The van der Waals surface area contributed by atoms with E-state index >= 15 is 0 Å². The number of nitrogens with zero attached hydrogens (tertiary/aromatic N) is 2. The second kappa shape index (κ2) is 9.49. The summed E-state index contributed by atoms with van der Waals surface area (Å²) in [5.41, 5.74) is 12.6. The highest BCUT2D eigenvalue weighted by atomic mass is 15.0.